The number of hydrogen-bond acceptors (Lipinski definition) is 7. The lowest BCUT2D eigenvalue weighted by Gasteiger charge is -2.18. The number of hydrogen-bond donors (Lipinski definition) is 0. The third-order valence-corrected chi connectivity index (χ3v) is 4.09. The molecule has 0 unspecified atom stereocenters. The van der Waals surface area contributed by atoms with E-state index in [1.165, 1.54) is 6.26 Å². The monoisotopic (exact) mass is 378 g/mol. The molecule has 0 aliphatic heterocycles. The summed E-state index contributed by atoms with van der Waals surface area (Å²) in [5.41, 5.74) is 1.09. The molecule has 8 heteroatoms. The molecule has 0 saturated heterocycles. The van der Waals surface area contributed by atoms with Gasteiger partial charge in [0.1, 0.15) is 0 Å². The van der Waals surface area contributed by atoms with Gasteiger partial charge in [0.2, 0.25) is 5.89 Å². The van der Waals surface area contributed by atoms with Crippen LogP contribution in [0.2, 0.25) is 0 Å². The van der Waals surface area contributed by atoms with Crippen LogP contribution in [0.15, 0.2) is 68.2 Å². The highest BCUT2D eigenvalue weighted by atomic mass is 16.5. The average molecular weight is 378 g/mol. The standard InChI is InChI=1S/C20H18N4O4/c1-2-10-24(13-18-21-22-19(27-18)16-9-6-11-26-16)20(25)15-12-17(28-23-15)14-7-4-3-5-8-14/h3-9,11-12H,2,10,13H2,1H3. The maximum atomic E-state index is 12.9. The van der Waals surface area contributed by atoms with Crippen LogP contribution in [-0.4, -0.2) is 32.7 Å². The van der Waals surface area contributed by atoms with E-state index in [9.17, 15) is 4.79 Å². The SMILES string of the molecule is CCCN(Cc1nnc(-c2ccco2)o1)C(=O)c1cc(-c2ccccc2)on1. The minimum Gasteiger partial charge on any atom is -0.459 e. The second kappa shape index (κ2) is 7.91. The first-order valence-corrected chi connectivity index (χ1v) is 8.92. The third-order valence-electron chi connectivity index (χ3n) is 4.09. The predicted molar refractivity (Wildman–Crippen MR) is 99.0 cm³/mol. The fourth-order valence-electron chi connectivity index (χ4n) is 2.78. The number of amides is 1. The zero-order chi connectivity index (χ0) is 19.3. The van der Waals surface area contributed by atoms with Crippen LogP contribution in [0.5, 0.6) is 0 Å². The molecule has 0 radical (unpaired) electrons. The highest BCUT2D eigenvalue weighted by Gasteiger charge is 2.22. The van der Waals surface area contributed by atoms with E-state index in [0.29, 0.717) is 24.0 Å². The Kier molecular flexibility index (Phi) is 5.01. The van der Waals surface area contributed by atoms with Gasteiger partial charge in [0.15, 0.2) is 17.2 Å². The van der Waals surface area contributed by atoms with Gasteiger partial charge in [0.05, 0.1) is 12.8 Å². The molecule has 0 saturated carbocycles. The van der Waals surface area contributed by atoms with Crippen LogP contribution in [-0.2, 0) is 6.54 Å². The molecule has 0 atom stereocenters. The lowest BCUT2D eigenvalue weighted by Crippen LogP contribution is -2.31. The zero-order valence-electron chi connectivity index (χ0n) is 15.2. The summed E-state index contributed by atoms with van der Waals surface area (Å²) < 4.78 is 16.2. The van der Waals surface area contributed by atoms with Crippen LogP contribution in [0.25, 0.3) is 23.0 Å². The van der Waals surface area contributed by atoms with Gasteiger partial charge >= 0.3 is 0 Å². The normalized spacial score (nSPS) is 10.9. The molecule has 3 aromatic heterocycles. The molecule has 3 heterocycles. The molecule has 4 aromatic rings. The van der Waals surface area contributed by atoms with Crippen molar-refractivity contribution in [3.8, 4) is 23.0 Å². The highest BCUT2D eigenvalue weighted by molar-refractivity contribution is 5.93. The van der Waals surface area contributed by atoms with Gasteiger partial charge < -0.3 is 18.3 Å². The Hall–Kier alpha value is -3.68. The smallest absolute Gasteiger partial charge is 0.283 e. The molecule has 0 fully saturated rings. The van der Waals surface area contributed by atoms with Crippen molar-refractivity contribution in [2.24, 2.45) is 0 Å². The minimum absolute atomic E-state index is 0.175. The van der Waals surface area contributed by atoms with E-state index in [1.54, 1.807) is 23.1 Å². The Morgan fingerprint density at radius 1 is 1.07 bits per heavy atom. The molecular weight excluding hydrogens is 360 g/mol. The highest BCUT2D eigenvalue weighted by Crippen LogP contribution is 2.22. The summed E-state index contributed by atoms with van der Waals surface area (Å²) in [6.45, 7) is 2.68. The lowest BCUT2D eigenvalue weighted by molar-refractivity contribution is 0.0718. The van der Waals surface area contributed by atoms with E-state index in [1.807, 2.05) is 37.3 Å². The van der Waals surface area contributed by atoms with Gasteiger partial charge in [-0.2, -0.15) is 0 Å². The first-order valence-electron chi connectivity index (χ1n) is 8.92. The predicted octanol–water partition coefficient (Wildman–Crippen LogP) is 4.04. The molecular formula is C20H18N4O4. The summed E-state index contributed by atoms with van der Waals surface area (Å²) >= 11 is 0. The van der Waals surface area contributed by atoms with Gasteiger partial charge in [-0.15, -0.1) is 10.2 Å². The van der Waals surface area contributed by atoms with Crippen molar-refractivity contribution >= 4 is 5.91 Å². The van der Waals surface area contributed by atoms with Crippen LogP contribution in [0, 0.1) is 0 Å². The molecule has 0 aliphatic rings. The van der Waals surface area contributed by atoms with Crippen LogP contribution in [0.4, 0.5) is 0 Å². The Labute approximate surface area is 160 Å². The first kappa shape index (κ1) is 17.7. The van der Waals surface area contributed by atoms with E-state index < -0.39 is 0 Å². The van der Waals surface area contributed by atoms with Gasteiger partial charge in [-0.25, -0.2) is 0 Å². The number of carbonyl (C=O) groups excluding carboxylic acids is 1. The summed E-state index contributed by atoms with van der Waals surface area (Å²) in [7, 11) is 0. The Morgan fingerprint density at radius 2 is 1.93 bits per heavy atom. The topological polar surface area (TPSA) is 98.4 Å². The van der Waals surface area contributed by atoms with E-state index in [2.05, 4.69) is 15.4 Å². The number of rotatable bonds is 7. The van der Waals surface area contributed by atoms with Gasteiger partial charge in [-0.05, 0) is 18.6 Å². The summed E-state index contributed by atoms with van der Waals surface area (Å²) in [6.07, 6.45) is 2.30. The van der Waals surface area contributed by atoms with Crippen molar-refractivity contribution in [1.29, 1.82) is 0 Å². The van der Waals surface area contributed by atoms with E-state index >= 15 is 0 Å². The van der Waals surface area contributed by atoms with Crippen molar-refractivity contribution in [3.63, 3.8) is 0 Å². The molecule has 28 heavy (non-hydrogen) atoms. The maximum Gasteiger partial charge on any atom is 0.283 e. The Balaban J connectivity index is 1.51. The van der Waals surface area contributed by atoms with Crippen molar-refractivity contribution in [1.82, 2.24) is 20.3 Å². The third kappa shape index (κ3) is 3.71. The molecule has 1 amide bonds. The van der Waals surface area contributed by atoms with Gasteiger partial charge in [0, 0.05) is 18.2 Å². The van der Waals surface area contributed by atoms with Crippen molar-refractivity contribution in [2.45, 2.75) is 19.9 Å². The summed E-state index contributed by atoms with van der Waals surface area (Å²) in [5, 5.41) is 11.9. The molecule has 142 valence electrons. The van der Waals surface area contributed by atoms with E-state index in [4.69, 9.17) is 13.4 Å². The summed E-state index contributed by atoms with van der Waals surface area (Å²) in [6, 6.07) is 14.6. The number of benzene rings is 1. The van der Waals surface area contributed by atoms with Crippen LogP contribution in [0.3, 0.4) is 0 Å². The fraction of sp³-hybridized carbons (Fsp3) is 0.200. The molecule has 0 bridgehead atoms. The van der Waals surface area contributed by atoms with Crippen LogP contribution < -0.4 is 0 Å². The molecule has 8 nitrogen and oxygen atoms in total. The second-order valence-corrected chi connectivity index (χ2v) is 6.15. The lowest BCUT2D eigenvalue weighted by atomic mass is 10.1. The Bertz CT molecular complexity index is 1040. The van der Waals surface area contributed by atoms with Crippen molar-refractivity contribution in [2.75, 3.05) is 6.54 Å². The Morgan fingerprint density at radius 3 is 2.68 bits per heavy atom. The van der Waals surface area contributed by atoms with Crippen LogP contribution in [0.1, 0.15) is 29.7 Å². The average Bonchev–Trinajstić information content (AvgIpc) is 3.49. The largest absolute Gasteiger partial charge is 0.459 e. The minimum atomic E-state index is -0.259. The van der Waals surface area contributed by atoms with E-state index in [-0.39, 0.29) is 24.0 Å². The number of aromatic nitrogens is 3. The van der Waals surface area contributed by atoms with Crippen molar-refractivity contribution in [3.05, 3.63) is 66.4 Å². The first-order chi connectivity index (χ1) is 13.7. The number of nitrogens with zero attached hydrogens (tertiary/aromatic N) is 4. The quantitative estimate of drug-likeness (QED) is 0.478. The maximum absolute atomic E-state index is 12.9. The molecule has 1 aromatic carbocycles. The molecule has 0 N–H and O–H groups in total. The zero-order valence-corrected chi connectivity index (χ0v) is 15.2. The number of furan rings is 1. The van der Waals surface area contributed by atoms with Gasteiger partial charge in [-0.3, -0.25) is 4.79 Å². The summed E-state index contributed by atoms with van der Waals surface area (Å²) in [5.74, 6) is 1.36. The van der Waals surface area contributed by atoms with Crippen molar-refractivity contribution < 1.29 is 18.2 Å². The van der Waals surface area contributed by atoms with E-state index in [0.717, 1.165) is 12.0 Å². The van der Waals surface area contributed by atoms with Crippen LogP contribution >= 0.6 is 0 Å². The molecule has 0 spiro atoms. The summed E-state index contributed by atoms with van der Waals surface area (Å²) in [4.78, 5) is 14.5. The molecule has 0 aliphatic carbocycles. The molecule has 4 rings (SSSR count). The van der Waals surface area contributed by atoms with Gasteiger partial charge in [-0.1, -0.05) is 42.4 Å². The number of carbonyl (C=O) groups is 1. The second-order valence-electron chi connectivity index (χ2n) is 6.15. The van der Waals surface area contributed by atoms with Gasteiger partial charge in [0.25, 0.3) is 11.8 Å². The fourth-order valence-corrected chi connectivity index (χ4v) is 2.78.